The van der Waals surface area contributed by atoms with E-state index in [0.29, 0.717) is 13.1 Å². The first-order chi connectivity index (χ1) is 13.5. The van der Waals surface area contributed by atoms with Gasteiger partial charge in [0.05, 0.1) is 16.7 Å². The lowest BCUT2D eigenvalue weighted by Crippen LogP contribution is -2.41. The standard InChI is InChI=1S/C20H22N4O3S/c1-13-19(28-12-22-13)20(26)23-8-5-14(6-9-23)27-17-4-2-3-16-15(17)7-10-24(16)11-18(21)25/h2-4,7,10,12,14H,5-6,8-9,11H2,1H3,(H2,21,25). The molecule has 0 bridgehead atoms. The molecule has 28 heavy (non-hydrogen) atoms. The summed E-state index contributed by atoms with van der Waals surface area (Å²) >= 11 is 1.39. The number of nitrogens with zero attached hydrogens (tertiary/aromatic N) is 3. The number of amides is 2. The quantitative estimate of drug-likeness (QED) is 0.715. The molecule has 1 aromatic carbocycles. The van der Waals surface area contributed by atoms with Crippen LogP contribution in [0.25, 0.3) is 10.9 Å². The van der Waals surface area contributed by atoms with Crippen molar-refractivity contribution in [2.24, 2.45) is 5.73 Å². The molecule has 3 heterocycles. The van der Waals surface area contributed by atoms with Crippen molar-refractivity contribution in [3.8, 4) is 5.75 Å². The fourth-order valence-corrected chi connectivity index (χ4v) is 4.38. The third-order valence-corrected chi connectivity index (χ3v) is 5.98. The molecule has 1 aliphatic rings. The zero-order valence-electron chi connectivity index (χ0n) is 15.6. The lowest BCUT2D eigenvalue weighted by atomic mass is 10.1. The van der Waals surface area contributed by atoms with Gasteiger partial charge in [0.2, 0.25) is 5.91 Å². The zero-order valence-corrected chi connectivity index (χ0v) is 16.4. The number of carbonyl (C=O) groups excluding carboxylic acids is 2. The van der Waals surface area contributed by atoms with Gasteiger partial charge in [-0.3, -0.25) is 9.59 Å². The fraction of sp³-hybridized carbons (Fsp3) is 0.350. The van der Waals surface area contributed by atoms with Gasteiger partial charge in [-0.15, -0.1) is 11.3 Å². The van der Waals surface area contributed by atoms with E-state index in [1.165, 1.54) is 11.3 Å². The molecule has 0 aliphatic carbocycles. The van der Waals surface area contributed by atoms with Crippen molar-refractivity contribution >= 4 is 34.1 Å². The predicted octanol–water partition coefficient (Wildman–Crippen LogP) is 2.58. The number of hydrogen-bond acceptors (Lipinski definition) is 5. The molecule has 8 heteroatoms. The van der Waals surface area contributed by atoms with Crippen molar-refractivity contribution in [3.05, 3.63) is 46.5 Å². The maximum absolute atomic E-state index is 12.6. The molecule has 0 saturated carbocycles. The predicted molar refractivity (Wildman–Crippen MR) is 108 cm³/mol. The van der Waals surface area contributed by atoms with Gasteiger partial charge in [0, 0.05) is 37.5 Å². The van der Waals surface area contributed by atoms with Crippen molar-refractivity contribution < 1.29 is 14.3 Å². The Hall–Kier alpha value is -2.87. The second kappa shape index (κ2) is 7.63. The molecular formula is C20H22N4O3S. The molecule has 1 aliphatic heterocycles. The number of carbonyl (C=O) groups is 2. The zero-order chi connectivity index (χ0) is 19.7. The van der Waals surface area contributed by atoms with Crippen LogP contribution in [0.15, 0.2) is 36.0 Å². The molecule has 3 aromatic rings. The van der Waals surface area contributed by atoms with E-state index in [9.17, 15) is 9.59 Å². The highest BCUT2D eigenvalue weighted by atomic mass is 32.1. The second-order valence-corrected chi connectivity index (χ2v) is 7.83. The van der Waals surface area contributed by atoms with Gasteiger partial charge >= 0.3 is 0 Å². The molecule has 7 nitrogen and oxygen atoms in total. The summed E-state index contributed by atoms with van der Waals surface area (Å²) in [6, 6.07) is 7.75. The molecule has 0 spiro atoms. The summed E-state index contributed by atoms with van der Waals surface area (Å²) in [5.41, 5.74) is 8.74. The van der Waals surface area contributed by atoms with E-state index >= 15 is 0 Å². The lowest BCUT2D eigenvalue weighted by molar-refractivity contribution is -0.118. The average Bonchev–Trinajstić information content (AvgIpc) is 3.28. The third-order valence-electron chi connectivity index (χ3n) is 5.06. The number of rotatable bonds is 5. The highest BCUT2D eigenvalue weighted by molar-refractivity contribution is 7.11. The molecule has 0 unspecified atom stereocenters. The number of piperidine rings is 1. The molecule has 0 atom stereocenters. The Morgan fingerprint density at radius 1 is 1.29 bits per heavy atom. The van der Waals surface area contributed by atoms with Crippen molar-refractivity contribution in [1.29, 1.82) is 0 Å². The number of fused-ring (bicyclic) bond motifs is 1. The summed E-state index contributed by atoms with van der Waals surface area (Å²) in [7, 11) is 0. The van der Waals surface area contributed by atoms with Gasteiger partial charge in [-0.05, 0) is 25.1 Å². The van der Waals surface area contributed by atoms with Crippen molar-refractivity contribution in [1.82, 2.24) is 14.5 Å². The highest BCUT2D eigenvalue weighted by Gasteiger charge is 2.26. The summed E-state index contributed by atoms with van der Waals surface area (Å²) in [6.45, 7) is 3.34. The Balaban J connectivity index is 1.42. The summed E-state index contributed by atoms with van der Waals surface area (Å²) in [6.07, 6.45) is 3.46. The number of nitrogens with two attached hydrogens (primary N) is 1. The Kier molecular flexibility index (Phi) is 5.04. The normalized spacial score (nSPS) is 15.1. The molecule has 1 fully saturated rings. The van der Waals surface area contributed by atoms with Gasteiger partial charge in [-0.25, -0.2) is 4.98 Å². The molecule has 2 amide bonds. The Labute approximate surface area is 166 Å². The van der Waals surface area contributed by atoms with E-state index in [4.69, 9.17) is 10.5 Å². The van der Waals surface area contributed by atoms with Crippen molar-refractivity contribution in [2.75, 3.05) is 13.1 Å². The van der Waals surface area contributed by atoms with Gasteiger partial charge in [0.25, 0.3) is 5.91 Å². The fourth-order valence-electron chi connectivity index (χ4n) is 3.61. The Morgan fingerprint density at radius 3 is 2.75 bits per heavy atom. The smallest absolute Gasteiger partial charge is 0.265 e. The first-order valence-corrected chi connectivity index (χ1v) is 10.1. The molecule has 0 radical (unpaired) electrons. The first kappa shape index (κ1) is 18.5. The van der Waals surface area contributed by atoms with Gasteiger partial charge in [0.15, 0.2) is 0 Å². The number of aromatic nitrogens is 2. The van der Waals surface area contributed by atoms with Crippen molar-refractivity contribution in [2.45, 2.75) is 32.4 Å². The summed E-state index contributed by atoms with van der Waals surface area (Å²) in [4.78, 5) is 30.6. The third kappa shape index (κ3) is 3.60. The molecule has 2 aromatic heterocycles. The monoisotopic (exact) mass is 398 g/mol. The minimum atomic E-state index is -0.378. The second-order valence-electron chi connectivity index (χ2n) is 6.98. The Morgan fingerprint density at radius 2 is 2.07 bits per heavy atom. The van der Waals surface area contributed by atoms with Crippen LogP contribution in [0.4, 0.5) is 0 Å². The summed E-state index contributed by atoms with van der Waals surface area (Å²) in [5.74, 6) is 0.477. The van der Waals surface area contributed by atoms with Crippen LogP contribution < -0.4 is 10.5 Å². The van der Waals surface area contributed by atoms with Crippen LogP contribution in [0.1, 0.15) is 28.2 Å². The first-order valence-electron chi connectivity index (χ1n) is 9.25. The number of hydrogen-bond donors (Lipinski definition) is 1. The highest BCUT2D eigenvalue weighted by Crippen LogP contribution is 2.29. The number of likely N-dealkylation sites (tertiary alicyclic amines) is 1. The number of thiazole rings is 1. The molecule has 146 valence electrons. The summed E-state index contributed by atoms with van der Waals surface area (Å²) < 4.78 is 8.07. The average molecular weight is 398 g/mol. The summed E-state index contributed by atoms with van der Waals surface area (Å²) in [5, 5.41) is 0.961. The lowest BCUT2D eigenvalue weighted by Gasteiger charge is -2.32. The van der Waals surface area contributed by atoms with Crippen LogP contribution in [-0.4, -0.2) is 45.5 Å². The largest absolute Gasteiger partial charge is 0.490 e. The maximum Gasteiger partial charge on any atom is 0.265 e. The van der Waals surface area contributed by atoms with Gasteiger partial charge in [-0.1, -0.05) is 6.07 Å². The van der Waals surface area contributed by atoms with E-state index in [0.717, 1.165) is 40.1 Å². The van der Waals surface area contributed by atoms with Crippen LogP contribution in [0.2, 0.25) is 0 Å². The number of ether oxygens (including phenoxy) is 1. The van der Waals surface area contributed by atoms with Crippen LogP contribution in [0.3, 0.4) is 0 Å². The maximum atomic E-state index is 12.6. The van der Waals surface area contributed by atoms with E-state index < -0.39 is 0 Å². The van der Waals surface area contributed by atoms with Crippen molar-refractivity contribution in [3.63, 3.8) is 0 Å². The van der Waals surface area contributed by atoms with E-state index in [2.05, 4.69) is 4.98 Å². The number of primary amides is 1. The van der Waals surface area contributed by atoms with E-state index in [1.54, 1.807) is 5.51 Å². The topological polar surface area (TPSA) is 90.5 Å². The molecule has 2 N–H and O–H groups in total. The van der Waals surface area contributed by atoms with Crippen LogP contribution in [0, 0.1) is 6.92 Å². The minimum absolute atomic E-state index is 0.0525. The molecule has 1 saturated heterocycles. The van der Waals surface area contributed by atoms with Gasteiger partial charge in [0.1, 0.15) is 23.3 Å². The number of aryl methyl sites for hydroxylation is 1. The minimum Gasteiger partial charge on any atom is -0.490 e. The van der Waals surface area contributed by atoms with Crippen LogP contribution >= 0.6 is 11.3 Å². The van der Waals surface area contributed by atoms with Gasteiger partial charge < -0.3 is 19.9 Å². The molecular weight excluding hydrogens is 376 g/mol. The van der Waals surface area contributed by atoms with Gasteiger partial charge in [-0.2, -0.15) is 0 Å². The van der Waals surface area contributed by atoms with E-state index in [1.807, 2.05) is 46.9 Å². The van der Waals surface area contributed by atoms with E-state index in [-0.39, 0.29) is 24.5 Å². The van der Waals surface area contributed by atoms with Crippen LogP contribution in [-0.2, 0) is 11.3 Å². The SMILES string of the molecule is Cc1ncsc1C(=O)N1CCC(Oc2cccc3c2ccn3CC(N)=O)CC1. The number of benzene rings is 1. The van der Waals surface area contributed by atoms with Crippen LogP contribution in [0.5, 0.6) is 5.75 Å². The Bertz CT molecular complexity index is 1020. The molecule has 4 rings (SSSR count).